The quantitative estimate of drug-likeness (QED) is 0.117. The van der Waals surface area contributed by atoms with E-state index in [1.807, 2.05) is 0 Å². The second-order valence-corrected chi connectivity index (χ2v) is 7.72. The second kappa shape index (κ2) is 27.0. The number of hydrogen-bond acceptors (Lipinski definition) is 16. The molecule has 0 aliphatic rings. The first-order chi connectivity index (χ1) is 14.4. The first kappa shape index (κ1) is 43.5. The molecule has 33 heavy (non-hydrogen) atoms. The van der Waals surface area contributed by atoms with Crippen molar-refractivity contribution in [1.82, 2.24) is 9.80 Å². The molecule has 0 aromatic carbocycles. The van der Waals surface area contributed by atoms with Crippen molar-refractivity contribution in [1.29, 1.82) is 0 Å². The van der Waals surface area contributed by atoms with Gasteiger partial charge >= 0.3 is 16.5 Å². The topological polar surface area (TPSA) is 336 Å². The number of aliphatic hydroxyl groups is 2. The molecule has 19 heteroatoms. The number of hydrogen-bond donors (Lipinski definition) is 6. The van der Waals surface area contributed by atoms with Gasteiger partial charge in [0.15, 0.2) is 0 Å². The smallest absolute Gasteiger partial charge is 0.392 e. The van der Waals surface area contributed by atoms with Crippen LogP contribution in [0.3, 0.4) is 0 Å². The summed E-state index contributed by atoms with van der Waals surface area (Å²) in [6, 6.07) is 0. The van der Waals surface area contributed by atoms with Crippen LogP contribution in [0, 0.1) is 20.5 Å². The van der Waals surface area contributed by atoms with Crippen LogP contribution >= 0.6 is 0 Å². The van der Waals surface area contributed by atoms with Crippen molar-refractivity contribution in [2.24, 2.45) is 22.9 Å². The Labute approximate surface area is 208 Å². The van der Waals surface area contributed by atoms with Crippen LogP contribution in [0.1, 0.15) is 13.8 Å². The molecule has 0 aromatic heterocycles. The fraction of sp³-hybridized carbons (Fsp3) is 1.00. The molecule has 10 N–H and O–H groups in total. The van der Waals surface area contributed by atoms with Gasteiger partial charge in [0.25, 0.3) is 0 Å². The first-order valence-electron chi connectivity index (χ1n) is 9.25. The number of halogens is 2. The molecular formula is C14H38Cl2N6NiO10. The maximum absolute atomic E-state index is 9.05. The number of aliphatic hydroxyl groups excluding tert-OH is 2. The predicted molar refractivity (Wildman–Crippen MR) is 92.5 cm³/mol. The zero-order chi connectivity index (χ0) is 26.4. The zero-order valence-electron chi connectivity index (χ0n) is 18.7. The average Bonchev–Trinajstić information content (AvgIpc) is 2.52. The van der Waals surface area contributed by atoms with Gasteiger partial charge in [-0.15, -0.1) is 20.5 Å². The zero-order valence-corrected chi connectivity index (χ0v) is 21.2. The third-order valence-corrected chi connectivity index (χ3v) is 2.83. The summed E-state index contributed by atoms with van der Waals surface area (Å²) in [6.45, 7) is 10.6. The molecule has 0 saturated carbocycles. The van der Waals surface area contributed by atoms with Crippen LogP contribution in [0.5, 0.6) is 0 Å². The van der Waals surface area contributed by atoms with Crippen LogP contribution in [0.25, 0.3) is 0 Å². The van der Waals surface area contributed by atoms with Crippen LogP contribution < -0.4 is 60.2 Å². The fourth-order valence-electron chi connectivity index (χ4n) is 2.07. The molecule has 2 atom stereocenters. The van der Waals surface area contributed by atoms with Crippen LogP contribution in [0.2, 0.25) is 0 Å². The first-order valence-corrected chi connectivity index (χ1v) is 11.7. The predicted octanol–water partition coefficient (Wildman–Crippen LogP) is -12.3. The van der Waals surface area contributed by atoms with Gasteiger partial charge in [0.2, 0.25) is 0 Å². The molecule has 0 aliphatic carbocycles. The van der Waals surface area contributed by atoms with Gasteiger partial charge in [-0.1, -0.05) is 0 Å². The Hall–Kier alpha value is 0.434. The molecule has 0 saturated heterocycles. The minimum absolute atomic E-state index is 0. The Morgan fingerprint density at radius 1 is 0.576 bits per heavy atom. The van der Waals surface area contributed by atoms with Crippen molar-refractivity contribution in [2.45, 2.75) is 26.1 Å². The summed E-state index contributed by atoms with van der Waals surface area (Å²) < 4.78 is 67.9. The van der Waals surface area contributed by atoms with E-state index in [-0.39, 0.29) is 28.7 Å². The maximum Gasteiger partial charge on any atom is 2.00 e. The molecule has 0 unspecified atom stereocenters. The van der Waals surface area contributed by atoms with Crippen LogP contribution in [0.4, 0.5) is 0 Å². The summed E-state index contributed by atoms with van der Waals surface area (Å²) in [5.74, 6) is 0. The maximum atomic E-state index is 9.05. The molecular weight excluding hydrogens is 542 g/mol. The monoisotopic (exact) mass is 578 g/mol. The SMILES string of the molecule is C[C@@H](O)CN(CCN)CCN.C[C@H](O)CN(CCN)CCN.[Ni+2].[O-][Cl+3]([O-])([O-])[O-].[O-][Cl+3]([O-])([O-])[O-]. The Morgan fingerprint density at radius 3 is 0.818 bits per heavy atom. The van der Waals surface area contributed by atoms with E-state index in [1.54, 1.807) is 13.8 Å². The van der Waals surface area contributed by atoms with Gasteiger partial charge in [0, 0.05) is 65.4 Å². The number of nitrogens with zero attached hydrogens (tertiary/aromatic N) is 2. The Balaban J connectivity index is -0.000000112. The van der Waals surface area contributed by atoms with E-state index < -0.39 is 20.5 Å². The van der Waals surface area contributed by atoms with E-state index in [0.717, 1.165) is 26.2 Å². The molecule has 0 rings (SSSR count). The molecule has 0 radical (unpaired) electrons. The summed E-state index contributed by atoms with van der Waals surface area (Å²) in [7, 11) is -9.89. The van der Waals surface area contributed by atoms with Crippen molar-refractivity contribution in [3.8, 4) is 0 Å². The molecule has 16 nitrogen and oxygen atoms in total. The average molecular weight is 580 g/mol. The summed E-state index contributed by atoms with van der Waals surface area (Å²) in [5.41, 5.74) is 21.5. The minimum atomic E-state index is -4.94. The van der Waals surface area contributed by atoms with Gasteiger partial charge in [-0.2, -0.15) is 0 Å². The van der Waals surface area contributed by atoms with Gasteiger partial charge in [0.05, 0.1) is 12.2 Å². The van der Waals surface area contributed by atoms with Crippen molar-refractivity contribution in [3.05, 3.63) is 0 Å². The van der Waals surface area contributed by atoms with E-state index >= 15 is 0 Å². The molecule has 0 fully saturated rings. The normalized spacial score (nSPS) is 12.9. The molecule has 0 aromatic rings. The van der Waals surface area contributed by atoms with E-state index in [1.165, 1.54) is 0 Å². The van der Waals surface area contributed by atoms with E-state index in [0.29, 0.717) is 39.3 Å². The van der Waals surface area contributed by atoms with Crippen molar-refractivity contribution < 1.29 is 84.5 Å². The molecule has 0 amide bonds. The molecule has 208 valence electrons. The summed E-state index contributed by atoms with van der Waals surface area (Å²) >= 11 is 0. The number of nitrogens with two attached hydrogens (primary N) is 4. The summed E-state index contributed by atoms with van der Waals surface area (Å²) in [5, 5.41) is 18.1. The fourth-order valence-corrected chi connectivity index (χ4v) is 2.07. The van der Waals surface area contributed by atoms with Gasteiger partial charge in [0.1, 0.15) is 0 Å². The molecule has 0 aliphatic heterocycles. The summed E-state index contributed by atoms with van der Waals surface area (Å²) in [6.07, 6.45) is -0.596. The van der Waals surface area contributed by atoms with Gasteiger partial charge < -0.3 is 33.1 Å². The van der Waals surface area contributed by atoms with Gasteiger partial charge in [-0.05, 0) is 13.8 Å². The molecule has 0 bridgehead atoms. The Bertz CT molecular complexity index is 327. The third-order valence-electron chi connectivity index (χ3n) is 2.83. The Kier molecular flexibility index (Phi) is 35.6. The van der Waals surface area contributed by atoms with Crippen LogP contribution in [-0.4, -0.2) is 97.7 Å². The van der Waals surface area contributed by atoms with E-state index in [4.69, 9.17) is 70.4 Å². The van der Waals surface area contributed by atoms with Gasteiger partial charge in [-0.3, -0.25) is 9.80 Å². The molecule has 0 spiro atoms. The van der Waals surface area contributed by atoms with Crippen LogP contribution in [-0.2, 0) is 16.5 Å². The minimum Gasteiger partial charge on any atom is -0.392 e. The van der Waals surface area contributed by atoms with E-state index in [2.05, 4.69) is 9.80 Å². The van der Waals surface area contributed by atoms with E-state index in [9.17, 15) is 0 Å². The van der Waals surface area contributed by atoms with Crippen molar-refractivity contribution in [3.63, 3.8) is 0 Å². The largest absolute Gasteiger partial charge is 2.00 e. The molecule has 0 heterocycles. The summed E-state index contributed by atoms with van der Waals surface area (Å²) in [4.78, 5) is 4.12. The number of rotatable bonds is 12. The third kappa shape index (κ3) is 71.9. The van der Waals surface area contributed by atoms with Crippen molar-refractivity contribution >= 4 is 0 Å². The Morgan fingerprint density at radius 2 is 0.727 bits per heavy atom. The second-order valence-electron chi connectivity index (χ2n) is 6.21. The van der Waals surface area contributed by atoms with Crippen LogP contribution in [0.15, 0.2) is 0 Å². The standard InChI is InChI=1S/2C7H19N3O.2ClHO4.Ni/c2*1-7(11)6-10(4-2-8)5-3-9;2*2-1(3,4)5;/h2*7,11H,2-6,8-9H2,1H3;2*(H,2,3,4,5);/q;;;;+2/p-2/t2*7-;;;/m10.../s1. The van der Waals surface area contributed by atoms with Gasteiger partial charge in [-0.25, -0.2) is 37.3 Å². The van der Waals surface area contributed by atoms with Crippen molar-refractivity contribution in [2.75, 3.05) is 65.4 Å².